The third-order valence-electron chi connectivity index (χ3n) is 4.63. The van der Waals surface area contributed by atoms with Gasteiger partial charge in [-0.2, -0.15) is 8.42 Å². The number of aryl methyl sites for hydroxylation is 1. The van der Waals surface area contributed by atoms with E-state index in [9.17, 15) is 13.2 Å². The number of rotatable bonds is 7. The van der Waals surface area contributed by atoms with Crippen molar-refractivity contribution in [3.05, 3.63) is 100 Å². The van der Waals surface area contributed by atoms with Gasteiger partial charge < -0.3 is 0 Å². The van der Waals surface area contributed by atoms with Crippen molar-refractivity contribution < 1.29 is 17.4 Å². The molecule has 2 aromatic heterocycles. The Balaban J connectivity index is 1.65. The molecule has 2 aromatic carbocycles. The fraction of sp³-hybridized carbons (Fsp3) is 0.0909. The number of nitrogens with zero attached hydrogens (tertiary/aromatic N) is 4. The molecule has 10 heteroatoms. The van der Waals surface area contributed by atoms with E-state index in [2.05, 4.69) is 31.1 Å². The van der Waals surface area contributed by atoms with E-state index in [4.69, 9.17) is 4.18 Å². The lowest BCUT2D eigenvalue weighted by atomic mass is 10.1. The summed E-state index contributed by atoms with van der Waals surface area (Å²) in [5, 5.41) is 7.86. The largest absolute Gasteiger partial charge is 0.297 e. The summed E-state index contributed by atoms with van der Waals surface area (Å²) in [4.78, 5) is 17.3. The molecule has 0 amide bonds. The molecule has 0 N–H and O–H groups in total. The van der Waals surface area contributed by atoms with E-state index in [-0.39, 0.29) is 28.8 Å². The lowest BCUT2D eigenvalue weighted by Crippen LogP contribution is -2.13. The maximum Gasteiger partial charge on any atom is 0.297 e. The Kier molecular flexibility index (Phi) is 6.26. The van der Waals surface area contributed by atoms with Gasteiger partial charge in [0.15, 0.2) is 5.82 Å². The van der Waals surface area contributed by atoms with E-state index in [1.807, 2.05) is 6.92 Å². The van der Waals surface area contributed by atoms with Crippen molar-refractivity contribution in [1.82, 2.24) is 19.7 Å². The molecule has 8 nitrogen and oxygen atoms in total. The molecule has 0 aliphatic carbocycles. The number of benzene rings is 2. The molecule has 162 valence electrons. The van der Waals surface area contributed by atoms with Crippen LogP contribution in [-0.4, -0.2) is 33.9 Å². The molecule has 0 radical (unpaired) electrons. The first kappa shape index (κ1) is 22.0. The van der Waals surface area contributed by atoms with Gasteiger partial charge in [-0.1, -0.05) is 39.7 Å². The van der Waals surface area contributed by atoms with E-state index in [0.717, 1.165) is 5.56 Å². The topological polar surface area (TPSA) is 104 Å². The highest BCUT2D eigenvalue weighted by molar-refractivity contribution is 9.10. The number of hydrogen-bond donors (Lipinski definition) is 0. The smallest absolute Gasteiger partial charge is 0.287 e. The second-order valence-electron chi connectivity index (χ2n) is 6.85. The van der Waals surface area contributed by atoms with Gasteiger partial charge in [0.1, 0.15) is 18.6 Å². The Morgan fingerprint density at radius 2 is 1.88 bits per heavy atom. The normalized spacial score (nSPS) is 11.4. The Bertz CT molecular complexity index is 1370. The van der Waals surface area contributed by atoms with Crippen molar-refractivity contribution in [1.29, 1.82) is 0 Å². The fourth-order valence-corrected chi connectivity index (χ4v) is 4.22. The van der Waals surface area contributed by atoms with Crippen LogP contribution in [0.1, 0.15) is 27.4 Å². The zero-order valence-corrected chi connectivity index (χ0v) is 19.2. The monoisotopic (exact) mass is 512 g/mol. The number of carbonyl (C=O) groups excluding carboxylic acids is 1. The predicted octanol–water partition coefficient (Wildman–Crippen LogP) is 3.87. The first-order valence-electron chi connectivity index (χ1n) is 9.46. The number of carbonyl (C=O) groups is 1. The van der Waals surface area contributed by atoms with E-state index in [0.29, 0.717) is 15.7 Å². The van der Waals surface area contributed by atoms with Crippen LogP contribution in [-0.2, 0) is 20.9 Å². The average Bonchev–Trinajstić information content (AvgIpc) is 3.26. The SMILES string of the molecule is Cc1ccc(S(=O)(=O)OCc2nncn2-c2ccc(Br)cc2C(=O)c2ccccn2)cc1. The maximum atomic E-state index is 13.1. The molecule has 0 saturated carbocycles. The van der Waals surface area contributed by atoms with Gasteiger partial charge >= 0.3 is 0 Å². The number of aromatic nitrogens is 4. The highest BCUT2D eigenvalue weighted by Crippen LogP contribution is 2.24. The van der Waals surface area contributed by atoms with Crippen molar-refractivity contribution in [2.24, 2.45) is 0 Å². The number of pyridine rings is 1. The minimum absolute atomic E-state index is 0.0452. The Morgan fingerprint density at radius 3 is 2.59 bits per heavy atom. The molecule has 0 bridgehead atoms. The van der Waals surface area contributed by atoms with Crippen LogP contribution < -0.4 is 0 Å². The van der Waals surface area contributed by atoms with Crippen LogP contribution in [0, 0.1) is 6.92 Å². The third kappa shape index (κ3) is 4.67. The number of hydrogen-bond acceptors (Lipinski definition) is 7. The Labute approximate surface area is 193 Å². The molecule has 32 heavy (non-hydrogen) atoms. The molecule has 4 aromatic rings. The molecule has 0 fully saturated rings. The lowest BCUT2D eigenvalue weighted by molar-refractivity contribution is 0.103. The standard InChI is InChI=1S/C22H17BrN4O4S/c1-15-5-8-17(9-6-15)32(29,30)31-13-21-26-25-14-27(21)20-10-7-16(23)12-18(20)22(28)19-4-2-3-11-24-19/h2-12,14H,13H2,1H3. The van der Waals surface area contributed by atoms with Gasteiger partial charge in [0.2, 0.25) is 5.78 Å². The second kappa shape index (κ2) is 9.11. The fourth-order valence-electron chi connectivity index (χ4n) is 3.00. The molecular weight excluding hydrogens is 496 g/mol. The zero-order valence-electron chi connectivity index (χ0n) is 16.8. The van der Waals surface area contributed by atoms with Crippen LogP contribution in [0.3, 0.4) is 0 Å². The van der Waals surface area contributed by atoms with E-state index in [1.165, 1.54) is 23.0 Å². The molecule has 0 aliphatic rings. The zero-order chi connectivity index (χ0) is 22.7. The molecule has 0 unspecified atom stereocenters. The van der Waals surface area contributed by atoms with Gasteiger partial charge in [0, 0.05) is 16.2 Å². The first-order valence-corrected chi connectivity index (χ1v) is 11.7. The van der Waals surface area contributed by atoms with Gasteiger partial charge in [-0.3, -0.25) is 18.5 Å². The highest BCUT2D eigenvalue weighted by atomic mass is 79.9. The van der Waals surface area contributed by atoms with Crippen LogP contribution in [0.25, 0.3) is 5.69 Å². The Hall–Kier alpha value is -3.21. The second-order valence-corrected chi connectivity index (χ2v) is 9.38. The maximum absolute atomic E-state index is 13.1. The summed E-state index contributed by atoms with van der Waals surface area (Å²) < 4.78 is 32.5. The van der Waals surface area contributed by atoms with Gasteiger partial charge in [0.05, 0.1) is 10.6 Å². The quantitative estimate of drug-likeness (QED) is 0.273. The summed E-state index contributed by atoms with van der Waals surface area (Å²) in [5.41, 5.74) is 2.03. The van der Waals surface area contributed by atoms with Crippen molar-refractivity contribution in [2.75, 3.05) is 0 Å². The van der Waals surface area contributed by atoms with Crippen LogP contribution >= 0.6 is 15.9 Å². The van der Waals surface area contributed by atoms with E-state index < -0.39 is 10.1 Å². The summed E-state index contributed by atoms with van der Waals surface area (Å²) in [6.45, 7) is 1.51. The third-order valence-corrected chi connectivity index (χ3v) is 6.40. The van der Waals surface area contributed by atoms with Crippen molar-refractivity contribution >= 4 is 31.8 Å². The highest BCUT2D eigenvalue weighted by Gasteiger charge is 2.21. The molecular formula is C22H17BrN4O4S. The van der Waals surface area contributed by atoms with Crippen LogP contribution in [0.4, 0.5) is 0 Å². The van der Waals surface area contributed by atoms with Gasteiger partial charge in [0.25, 0.3) is 10.1 Å². The molecule has 4 rings (SSSR count). The van der Waals surface area contributed by atoms with Gasteiger partial charge in [-0.05, 0) is 49.4 Å². The van der Waals surface area contributed by atoms with E-state index >= 15 is 0 Å². The molecule has 0 aliphatic heterocycles. The van der Waals surface area contributed by atoms with Gasteiger partial charge in [-0.25, -0.2) is 0 Å². The van der Waals surface area contributed by atoms with Crippen molar-refractivity contribution in [3.8, 4) is 5.69 Å². The first-order chi connectivity index (χ1) is 15.3. The summed E-state index contributed by atoms with van der Waals surface area (Å²) in [7, 11) is -3.99. The molecule has 2 heterocycles. The summed E-state index contributed by atoms with van der Waals surface area (Å²) in [5.74, 6) is -0.0761. The number of ketones is 1. The van der Waals surface area contributed by atoms with Crippen LogP contribution in [0.15, 0.2) is 82.6 Å². The minimum Gasteiger partial charge on any atom is -0.287 e. The van der Waals surface area contributed by atoms with Crippen molar-refractivity contribution in [2.45, 2.75) is 18.4 Å². The van der Waals surface area contributed by atoms with Crippen molar-refractivity contribution in [3.63, 3.8) is 0 Å². The summed E-state index contributed by atoms with van der Waals surface area (Å²) in [6.07, 6.45) is 2.94. The molecule has 0 atom stereocenters. The molecule has 0 saturated heterocycles. The minimum atomic E-state index is -3.99. The van der Waals surface area contributed by atoms with Gasteiger partial charge in [-0.15, -0.1) is 10.2 Å². The Morgan fingerprint density at radius 1 is 1.09 bits per heavy atom. The van der Waals surface area contributed by atoms with E-state index in [1.54, 1.807) is 54.7 Å². The van der Waals surface area contributed by atoms with Crippen LogP contribution in [0.5, 0.6) is 0 Å². The predicted molar refractivity (Wildman–Crippen MR) is 120 cm³/mol. The average molecular weight is 513 g/mol. The van der Waals surface area contributed by atoms with Crippen LogP contribution in [0.2, 0.25) is 0 Å². The summed E-state index contributed by atoms with van der Waals surface area (Å²) >= 11 is 3.39. The lowest BCUT2D eigenvalue weighted by Gasteiger charge is -2.12. The summed E-state index contributed by atoms with van der Waals surface area (Å²) in [6, 6.07) is 16.6. The number of halogens is 1. The molecule has 0 spiro atoms.